The molecule has 0 radical (unpaired) electrons. The van der Waals surface area contributed by atoms with E-state index in [1.807, 2.05) is 0 Å². The Kier molecular flexibility index (Phi) is 4.44. The summed E-state index contributed by atoms with van der Waals surface area (Å²) in [4.78, 5) is 4.79. The largest absolute Gasteiger partial charge is 0.328 e. The molecule has 2 N–H and O–H groups in total. The van der Waals surface area contributed by atoms with Crippen molar-refractivity contribution in [3.8, 4) is 0 Å². The van der Waals surface area contributed by atoms with Gasteiger partial charge in [0.05, 0.1) is 0 Å². The van der Waals surface area contributed by atoms with Gasteiger partial charge in [-0.25, -0.2) is 0 Å². The molecule has 2 nitrogen and oxygen atoms in total. The van der Waals surface area contributed by atoms with Gasteiger partial charge in [0.25, 0.3) is 0 Å². The molecule has 1 saturated carbocycles. The molecule has 0 amide bonds. The molecule has 1 fully saturated rings. The summed E-state index contributed by atoms with van der Waals surface area (Å²) in [6.07, 6.45) is 6.99. The van der Waals surface area contributed by atoms with Gasteiger partial charge in [0.15, 0.2) is 0 Å². The minimum atomic E-state index is 0.417. The van der Waals surface area contributed by atoms with Crippen molar-refractivity contribution in [3.05, 3.63) is 34.9 Å². The summed E-state index contributed by atoms with van der Waals surface area (Å²) >= 11 is 0. The quantitative estimate of drug-likeness (QED) is 0.899. The van der Waals surface area contributed by atoms with E-state index < -0.39 is 0 Å². The van der Waals surface area contributed by atoms with Crippen LogP contribution >= 0.6 is 0 Å². The van der Waals surface area contributed by atoms with E-state index in [0.717, 1.165) is 19.4 Å². The third-order valence-corrected chi connectivity index (χ3v) is 4.93. The van der Waals surface area contributed by atoms with Crippen LogP contribution in [0.15, 0.2) is 23.2 Å². The molecule has 3 rings (SSSR count). The number of nitrogens with zero attached hydrogens (tertiary/aromatic N) is 1. The number of fused-ring (bicyclic) bond motifs is 1. The van der Waals surface area contributed by atoms with Gasteiger partial charge in [0.1, 0.15) is 0 Å². The van der Waals surface area contributed by atoms with E-state index in [9.17, 15) is 0 Å². The summed E-state index contributed by atoms with van der Waals surface area (Å²) in [5, 5.41) is 0. The van der Waals surface area contributed by atoms with Crippen molar-refractivity contribution in [2.45, 2.75) is 64.3 Å². The number of rotatable bonds is 3. The van der Waals surface area contributed by atoms with E-state index in [1.54, 1.807) is 5.56 Å². The molecule has 114 valence electrons. The highest BCUT2D eigenvalue weighted by Crippen LogP contribution is 2.35. The van der Waals surface area contributed by atoms with Crippen LogP contribution in [-0.2, 0) is 12.8 Å². The van der Waals surface area contributed by atoms with Gasteiger partial charge in [-0.05, 0) is 60.6 Å². The van der Waals surface area contributed by atoms with Crippen molar-refractivity contribution in [2.24, 2.45) is 16.6 Å². The summed E-state index contributed by atoms with van der Waals surface area (Å²) in [7, 11) is 0. The lowest BCUT2D eigenvalue weighted by Crippen LogP contribution is -2.16. The van der Waals surface area contributed by atoms with E-state index in [0.29, 0.717) is 17.9 Å². The molecule has 0 saturated heterocycles. The lowest BCUT2D eigenvalue weighted by molar-refractivity contribution is 0.661. The minimum Gasteiger partial charge on any atom is -0.328 e. The zero-order valence-corrected chi connectivity index (χ0v) is 13.4. The van der Waals surface area contributed by atoms with Gasteiger partial charge in [-0.1, -0.05) is 32.0 Å². The van der Waals surface area contributed by atoms with Crippen LogP contribution in [0.5, 0.6) is 0 Å². The second-order valence-corrected chi connectivity index (χ2v) is 7.28. The molecule has 0 aromatic heterocycles. The number of hydrogen-bond acceptors (Lipinski definition) is 2. The highest BCUT2D eigenvalue weighted by Gasteiger charge is 2.24. The van der Waals surface area contributed by atoms with Crippen molar-refractivity contribution in [2.75, 3.05) is 6.54 Å². The lowest BCUT2D eigenvalue weighted by atomic mass is 9.86. The Bertz CT molecular complexity index is 530. The maximum Gasteiger partial charge on any atom is 0.0411 e. The van der Waals surface area contributed by atoms with Gasteiger partial charge in [0, 0.05) is 24.7 Å². The molecule has 2 atom stereocenters. The van der Waals surface area contributed by atoms with Crippen LogP contribution in [0.25, 0.3) is 0 Å². The fourth-order valence-corrected chi connectivity index (χ4v) is 3.66. The number of aliphatic imine (C=N–C) groups is 1. The van der Waals surface area contributed by atoms with E-state index in [-0.39, 0.29) is 0 Å². The van der Waals surface area contributed by atoms with E-state index >= 15 is 0 Å². The summed E-state index contributed by atoms with van der Waals surface area (Å²) < 4.78 is 0. The maximum atomic E-state index is 6.06. The SMILES string of the molecule is CC(C)CN=C1CCc2cc(C3CCC(N)C3)ccc2C1. The molecule has 0 aliphatic heterocycles. The summed E-state index contributed by atoms with van der Waals surface area (Å²) in [5.41, 5.74) is 12.0. The Hall–Kier alpha value is -1.15. The van der Waals surface area contributed by atoms with Crippen LogP contribution in [0.4, 0.5) is 0 Å². The first-order valence-corrected chi connectivity index (χ1v) is 8.51. The zero-order valence-electron chi connectivity index (χ0n) is 13.4. The zero-order chi connectivity index (χ0) is 14.8. The molecule has 1 aromatic carbocycles. The Morgan fingerprint density at radius 2 is 2.05 bits per heavy atom. The van der Waals surface area contributed by atoms with E-state index in [1.165, 1.54) is 42.5 Å². The normalized spacial score (nSPS) is 27.3. The average Bonchev–Trinajstić information content (AvgIpc) is 2.91. The van der Waals surface area contributed by atoms with Gasteiger partial charge in [-0.15, -0.1) is 0 Å². The van der Waals surface area contributed by atoms with E-state index in [2.05, 4.69) is 32.0 Å². The van der Waals surface area contributed by atoms with Crippen molar-refractivity contribution in [1.82, 2.24) is 0 Å². The van der Waals surface area contributed by atoms with Gasteiger partial charge in [0.2, 0.25) is 0 Å². The van der Waals surface area contributed by atoms with Crippen LogP contribution in [0, 0.1) is 5.92 Å². The molecular formula is C19H28N2. The average molecular weight is 284 g/mol. The second-order valence-electron chi connectivity index (χ2n) is 7.28. The van der Waals surface area contributed by atoms with Gasteiger partial charge < -0.3 is 5.73 Å². The standard InChI is InChI=1S/C19H28N2/c1-13(2)12-21-19-8-6-15-9-14(3-4-17(15)11-19)16-5-7-18(20)10-16/h3-4,9,13,16,18H,5-8,10-12,20H2,1-2H3. The third kappa shape index (κ3) is 3.55. The minimum absolute atomic E-state index is 0.417. The summed E-state index contributed by atoms with van der Waals surface area (Å²) in [6.45, 7) is 5.45. The molecule has 2 heteroatoms. The topological polar surface area (TPSA) is 38.4 Å². The molecule has 0 heterocycles. The highest BCUT2D eigenvalue weighted by molar-refractivity contribution is 5.88. The van der Waals surface area contributed by atoms with Crippen LogP contribution < -0.4 is 5.73 Å². The predicted molar refractivity (Wildman–Crippen MR) is 90.2 cm³/mol. The molecule has 1 aromatic rings. The molecule has 21 heavy (non-hydrogen) atoms. The van der Waals surface area contributed by atoms with Crippen molar-refractivity contribution in [1.29, 1.82) is 0 Å². The first kappa shape index (κ1) is 14.8. The smallest absolute Gasteiger partial charge is 0.0411 e. The monoisotopic (exact) mass is 284 g/mol. The number of aryl methyl sites for hydroxylation is 1. The summed E-state index contributed by atoms with van der Waals surface area (Å²) in [6, 6.07) is 7.56. The molecule has 0 spiro atoms. The highest BCUT2D eigenvalue weighted by atomic mass is 14.7. The van der Waals surface area contributed by atoms with Crippen molar-refractivity contribution >= 4 is 5.71 Å². The van der Waals surface area contributed by atoms with Crippen LogP contribution in [0.2, 0.25) is 0 Å². The molecule has 2 unspecified atom stereocenters. The Labute approximate surface area is 128 Å². The number of nitrogens with two attached hydrogens (primary N) is 1. The van der Waals surface area contributed by atoms with Crippen molar-refractivity contribution in [3.63, 3.8) is 0 Å². The second kappa shape index (κ2) is 6.31. The molecule has 2 aliphatic rings. The van der Waals surface area contributed by atoms with Gasteiger partial charge in [-0.2, -0.15) is 0 Å². The van der Waals surface area contributed by atoms with Gasteiger partial charge in [-0.3, -0.25) is 4.99 Å². The van der Waals surface area contributed by atoms with Crippen LogP contribution in [0.1, 0.15) is 62.1 Å². The third-order valence-electron chi connectivity index (χ3n) is 4.93. The Morgan fingerprint density at radius 1 is 1.19 bits per heavy atom. The van der Waals surface area contributed by atoms with Crippen LogP contribution in [-0.4, -0.2) is 18.3 Å². The molecule has 0 bridgehead atoms. The fraction of sp³-hybridized carbons (Fsp3) is 0.632. The Morgan fingerprint density at radius 3 is 2.76 bits per heavy atom. The molecule has 2 aliphatic carbocycles. The number of hydrogen-bond donors (Lipinski definition) is 1. The number of benzene rings is 1. The maximum absolute atomic E-state index is 6.06. The van der Waals surface area contributed by atoms with Gasteiger partial charge >= 0.3 is 0 Å². The first-order valence-electron chi connectivity index (χ1n) is 8.51. The first-order chi connectivity index (χ1) is 10.1. The summed E-state index contributed by atoms with van der Waals surface area (Å²) in [5.74, 6) is 1.36. The predicted octanol–water partition coefficient (Wildman–Crippen LogP) is 3.87. The van der Waals surface area contributed by atoms with Crippen LogP contribution in [0.3, 0.4) is 0 Å². The van der Waals surface area contributed by atoms with Crippen molar-refractivity contribution < 1.29 is 0 Å². The fourth-order valence-electron chi connectivity index (χ4n) is 3.66. The lowest BCUT2D eigenvalue weighted by Gasteiger charge is -2.21. The molecular weight excluding hydrogens is 256 g/mol. The Balaban J connectivity index is 1.72. The van der Waals surface area contributed by atoms with E-state index in [4.69, 9.17) is 10.7 Å².